The second-order valence-corrected chi connectivity index (χ2v) is 11.7. The van der Waals surface area contributed by atoms with Gasteiger partial charge in [0.25, 0.3) is 5.91 Å². The molecule has 3 saturated carbocycles. The summed E-state index contributed by atoms with van der Waals surface area (Å²) in [7, 11) is 4.04. The second-order valence-electron chi connectivity index (χ2n) is 11.7. The number of rotatable bonds is 3. The van der Waals surface area contributed by atoms with Crippen LogP contribution in [-0.4, -0.2) is 37.3 Å². The van der Waals surface area contributed by atoms with Crippen molar-refractivity contribution in [2.45, 2.75) is 91.2 Å². The molecule has 0 heterocycles. The van der Waals surface area contributed by atoms with E-state index in [4.69, 9.17) is 0 Å². The standard InChI is InChI=1S/C28H40N2O2.C2H6/c1-27-15-13-21(31)17-19(27)7-10-22-23-11-12-25(28(23,2)16-14-24(22)27)29-26(32)18-5-8-20(9-6-18)30(3)4;1-2/h5-9,21-25,31H,10-17H2,1-4H3,(H,29,32);1-2H3. The lowest BCUT2D eigenvalue weighted by atomic mass is 9.48. The number of anilines is 1. The predicted molar refractivity (Wildman–Crippen MR) is 141 cm³/mol. The Kier molecular flexibility index (Phi) is 7.20. The lowest BCUT2D eigenvalue weighted by Gasteiger charge is -2.58. The molecule has 4 nitrogen and oxygen atoms in total. The van der Waals surface area contributed by atoms with Crippen molar-refractivity contribution < 1.29 is 9.90 Å². The number of amides is 1. The first kappa shape index (κ1) is 25.3. The Morgan fingerprint density at radius 2 is 1.71 bits per heavy atom. The first-order valence-electron chi connectivity index (χ1n) is 13.7. The molecular formula is C30H46N2O2. The van der Waals surface area contributed by atoms with Crippen LogP contribution in [0.15, 0.2) is 35.9 Å². The van der Waals surface area contributed by atoms with E-state index in [2.05, 4.69) is 30.1 Å². The summed E-state index contributed by atoms with van der Waals surface area (Å²) >= 11 is 0. The molecule has 5 rings (SSSR count). The zero-order chi connectivity index (χ0) is 24.7. The van der Waals surface area contributed by atoms with Crippen molar-refractivity contribution in [3.05, 3.63) is 41.5 Å². The molecule has 4 aliphatic carbocycles. The van der Waals surface area contributed by atoms with E-state index in [1.54, 1.807) is 0 Å². The van der Waals surface area contributed by atoms with Gasteiger partial charge in [-0.15, -0.1) is 0 Å². The van der Waals surface area contributed by atoms with Crippen molar-refractivity contribution >= 4 is 11.6 Å². The summed E-state index contributed by atoms with van der Waals surface area (Å²) < 4.78 is 0. The maximum Gasteiger partial charge on any atom is 0.251 e. The van der Waals surface area contributed by atoms with Gasteiger partial charge in [0, 0.05) is 31.4 Å². The number of hydrogen-bond donors (Lipinski definition) is 2. The molecule has 7 atom stereocenters. The minimum Gasteiger partial charge on any atom is -0.393 e. The minimum absolute atomic E-state index is 0.0726. The molecular weight excluding hydrogens is 420 g/mol. The molecule has 4 aliphatic rings. The topological polar surface area (TPSA) is 52.6 Å². The summed E-state index contributed by atoms with van der Waals surface area (Å²) in [6.45, 7) is 8.93. The molecule has 1 amide bonds. The molecule has 188 valence electrons. The molecule has 1 aromatic carbocycles. The van der Waals surface area contributed by atoms with Crippen molar-refractivity contribution in [3.63, 3.8) is 0 Å². The number of aliphatic hydroxyl groups excluding tert-OH is 1. The highest BCUT2D eigenvalue weighted by Gasteiger charge is 2.58. The number of nitrogens with zero attached hydrogens (tertiary/aromatic N) is 1. The number of carbonyl (C=O) groups is 1. The Morgan fingerprint density at radius 1 is 1.00 bits per heavy atom. The maximum absolute atomic E-state index is 13.1. The maximum atomic E-state index is 13.1. The number of allylic oxidation sites excluding steroid dienone is 1. The molecule has 0 bridgehead atoms. The Labute approximate surface area is 207 Å². The third-order valence-electron chi connectivity index (χ3n) is 10.0. The number of hydrogen-bond acceptors (Lipinski definition) is 3. The third-order valence-corrected chi connectivity index (χ3v) is 10.0. The summed E-state index contributed by atoms with van der Waals surface area (Å²) in [5, 5.41) is 13.7. The molecule has 0 aromatic heterocycles. The van der Waals surface area contributed by atoms with Crippen LogP contribution in [0.3, 0.4) is 0 Å². The SMILES string of the molecule is CC.CN(C)c1ccc(C(=O)NC2CCC3C4CC=C5CC(O)CCC5(C)C4CCC23C)cc1. The quantitative estimate of drug-likeness (QED) is 0.521. The van der Waals surface area contributed by atoms with Crippen LogP contribution in [0.2, 0.25) is 0 Å². The summed E-state index contributed by atoms with van der Waals surface area (Å²) in [5.74, 6) is 2.22. The summed E-state index contributed by atoms with van der Waals surface area (Å²) in [6.07, 6.45) is 11.3. The molecule has 0 spiro atoms. The second kappa shape index (κ2) is 9.68. The van der Waals surface area contributed by atoms with E-state index < -0.39 is 0 Å². The molecule has 3 fully saturated rings. The van der Waals surface area contributed by atoms with Crippen LogP contribution >= 0.6 is 0 Å². The highest BCUT2D eigenvalue weighted by molar-refractivity contribution is 5.94. The minimum atomic E-state index is -0.141. The van der Waals surface area contributed by atoms with Gasteiger partial charge >= 0.3 is 0 Å². The summed E-state index contributed by atoms with van der Waals surface area (Å²) in [5.41, 5.74) is 3.87. The molecule has 2 N–H and O–H groups in total. The van der Waals surface area contributed by atoms with E-state index in [1.165, 1.54) is 24.8 Å². The summed E-state index contributed by atoms with van der Waals surface area (Å²) in [6, 6.07) is 8.20. The fourth-order valence-corrected chi connectivity index (χ4v) is 8.03. The predicted octanol–water partition coefficient (Wildman–Crippen LogP) is 6.20. The molecule has 0 aliphatic heterocycles. The van der Waals surface area contributed by atoms with E-state index >= 15 is 0 Å². The normalized spacial score (nSPS) is 38.3. The van der Waals surface area contributed by atoms with Crippen molar-refractivity contribution in [1.29, 1.82) is 0 Å². The zero-order valence-electron chi connectivity index (χ0n) is 22.2. The van der Waals surface area contributed by atoms with E-state index in [0.29, 0.717) is 5.92 Å². The largest absolute Gasteiger partial charge is 0.393 e. The van der Waals surface area contributed by atoms with Crippen LogP contribution in [0.5, 0.6) is 0 Å². The Morgan fingerprint density at radius 3 is 2.38 bits per heavy atom. The fraction of sp³-hybridized carbons (Fsp3) is 0.700. The van der Waals surface area contributed by atoms with Crippen molar-refractivity contribution in [2.24, 2.45) is 28.6 Å². The van der Waals surface area contributed by atoms with Gasteiger partial charge in [0.1, 0.15) is 0 Å². The van der Waals surface area contributed by atoms with Gasteiger partial charge in [-0.3, -0.25) is 4.79 Å². The molecule has 0 saturated heterocycles. The molecule has 0 radical (unpaired) electrons. The Balaban J connectivity index is 0.00000133. The van der Waals surface area contributed by atoms with Gasteiger partial charge < -0.3 is 15.3 Å². The van der Waals surface area contributed by atoms with Gasteiger partial charge in [0.15, 0.2) is 0 Å². The number of nitrogens with one attached hydrogen (secondary N) is 1. The zero-order valence-corrected chi connectivity index (χ0v) is 22.2. The van der Waals surface area contributed by atoms with Crippen LogP contribution < -0.4 is 10.2 Å². The molecule has 34 heavy (non-hydrogen) atoms. The van der Waals surface area contributed by atoms with Crippen LogP contribution in [0, 0.1) is 28.6 Å². The van der Waals surface area contributed by atoms with Gasteiger partial charge in [-0.05, 0) is 104 Å². The molecule has 4 heteroatoms. The lowest BCUT2D eigenvalue weighted by molar-refractivity contribution is -0.0426. The number of benzene rings is 1. The van der Waals surface area contributed by atoms with Crippen LogP contribution in [0.4, 0.5) is 5.69 Å². The molecule has 7 unspecified atom stereocenters. The van der Waals surface area contributed by atoms with Crippen molar-refractivity contribution in [3.8, 4) is 0 Å². The van der Waals surface area contributed by atoms with E-state index in [-0.39, 0.29) is 28.9 Å². The molecule has 1 aromatic rings. The van der Waals surface area contributed by atoms with Crippen LogP contribution in [-0.2, 0) is 0 Å². The van der Waals surface area contributed by atoms with E-state index in [1.807, 2.05) is 52.2 Å². The Bertz CT molecular complexity index is 907. The van der Waals surface area contributed by atoms with Gasteiger partial charge in [-0.25, -0.2) is 0 Å². The number of aliphatic hydroxyl groups is 1. The monoisotopic (exact) mass is 466 g/mol. The van der Waals surface area contributed by atoms with Crippen molar-refractivity contribution in [1.82, 2.24) is 5.32 Å². The average molecular weight is 467 g/mol. The first-order chi connectivity index (χ1) is 16.2. The summed E-state index contributed by atoms with van der Waals surface area (Å²) in [4.78, 5) is 15.1. The average Bonchev–Trinajstić information content (AvgIpc) is 3.17. The van der Waals surface area contributed by atoms with Gasteiger partial charge in [-0.1, -0.05) is 39.3 Å². The highest BCUT2D eigenvalue weighted by atomic mass is 16.3. The number of fused-ring (bicyclic) bond motifs is 5. The van der Waals surface area contributed by atoms with Gasteiger partial charge in [0.05, 0.1) is 6.10 Å². The van der Waals surface area contributed by atoms with Gasteiger partial charge in [0.2, 0.25) is 0 Å². The first-order valence-corrected chi connectivity index (χ1v) is 13.7. The Hall–Kier alpha value is -1.81. The highest BCUT2D eigenvalue weighted by Crippen LogP contribution is 2.64. The third kappa shape index (κ3) is 4.21. The van der Waals surface area contributed by atoms with Crippen LogP contribution in [0.1, 0.15) is 89.4 Å². The fourth-order valence-electron chi connectivity index (χ4n) is 8.03. The van der Waals surface area contributed by atoms with Gasteiger partial charge in [-0.2, -0.15) is 0 Å². The van der Waals surface area contributed by atoms with E-state index in [0.717, 1.165) is 55.2 Å². The lowest BCUT2D eigenvalue weighted by Crippen LogP contribution is -2.53. The number of carbonyl (C=O) groups excluding carboxylic acids is 1. The smallest absolute Gasteiger partial charge is 0.251 e. The van der Waals surface area contributed by atoms with Crippen molar-refractivity contribution in [2.75, 3.05) is 19.0 Å². The van der Waals surface area contributed by atoms with E-state index in [9.17, 15) is 9.90 Å². The van der Waals surface area contributed by atoms with Crippen LogP contribution in [0.25, 0.3) is 0 Å².